The fraction of sp³-hybridized carbons (Fsp3) is 0.917. The average Bonchev–Trinajstić information content (AvgIpc) is 2.30. The van der Waals surface area contributed by atoms with E-state index in [2.05, 4.69) is 5.32 Å². The predicted molar refractivity (Wildman–Crippen MR) is 75.7 cm³/mol. The molecule has 0 unspecified atom stereocenters. The molecule has 0 saturated carbocycles. The molecule has 6 nitrogen and oxygen atoms in total. The summed E-state index contributed by atoms with van der Waals surface area (Å²) in [5, 5.41) is 3.17. The minimum absolute atomic E-state index is 0.200. The van der Waals surface area contributed by atoms with Crippen LogP contribution < -0.4 is 11.1 Å². The van der Waals surface area contributed by atoms with Crippen LogP contribution in [-0.4, -0.2) is 49.2 Å². The molecule has 1 fully saturated rings. The summed E-state index contributed by atoms with van der Waals surface area (Å²) in [7, 11) is 0. The maximum absolute atomic E-state index is 5.90. The van der Waals surface area contributed by atoms with Gasteiger partial charge in [0.1, 0.15) is 6.10 Å². The Bertz CT molecular complexity index is 295. The topological polar surface area (TPSA) is 75.0 Å². The molecule has 0 spiro atoms. The highest BCUT2D eigenvalue weighted by atomic mass is 32.1. The molecule has 0 radical (unpaired) electrons. The monoisotopic (exact) mass is 292 g/mol. The Morgan fingerprint density at radius 3 is 2.47 bits per heavy atom. The lowest BCUT2D eigenvalue weighted by Crippen LogP contribution is -2.61. The van der Waals surface area contributed by atoms with Gasteiger partial charge in [-0.05, 0) is 39.9 Å². The Morgan fingerprint density at radius 2 is 2.00 bits per heavy atom. The Hall–Kier alpha value is -0.470. The third-order valence-electron chi connectivity index (χ3n) is 2.68. The van der Waals surface area contributed by atoms with E-state index in [1.165, 1.54) is 0 Å². The third kappa shape index (κ3) is 5.19. The van der Waals surface area contributed by atoms with Crippen molar-refractivity contribution >= 4 is 17.3 Å². The Labute approximate surface area is 119 Å². The van der Waals surface area contributed by atoms with Gasteiger partial charge in [0.25, 0.3) is 0 Å². The maximum atomic E-state index is 5.90. The van der Waals surface area contributed by atoms with Crippen molar-refractivity contribution in [1.29, 1.82) is 0 Å². The maximum Gasteiger partial charge on any atom is 0.185 e. The van der Waals surface area contributed by atoms with Crippen molar-refractivity contribution in [3.63, 3.8) is 0 Å². The summed E-state index contributed by atoms with van der Waals surface area (Å²) in [5.41, 5.74) is 5.53. The van der Waals surface area contributed by atoms with Crippen LogP contribution >= 0.6 is 12.2 Å². The first kappa shape index (κ1) is 16.6. The van der Waals surface area contributed by atoms with Gasteiger partial charge in [-0.1, -0.05) is 0 Å². The number of nitrogens with one attached hydrogen (secondary N) is 1. The van der Waals surface area contributed by atoms with Crippen molar-refractivity contribution in [2.75, 3.05) is 19.8 Å². The van der Waals surface area contributed by atoms with Crippen molar-refractivity contribution in [1.82, 2.24) is 5.32 Å². The zero-order valence-corrected chi connectivity index (χ0v) is 12.8. The van der Waals surface area contributed by atoms with Crippen molar-refractivity contribution < 1.29 is 18.9 Å². The molecule has 0 aromatic heterocycles. The number of thiocarbonyl (C=S) groups is 1. The SMILES string of the molecule is CCOC(OCC)[C@@H]1OC(C)(C)OC[C@H]1NC(N)=S. The highest BCUT2D eigenvalue weighted by Gasteiger charge is 2.42. The smallest absolute Gasteiger partial charge is 0.185 e. The molecule has 1 rings (SSSR count). The highest BCUT2D eigenvalue weighted by molar-refractivity contribution is 7.80. The van der Waals surface area contributed by atoms with E-state index in [0.29, 0.717) is 19.8 Å². The summed E-state index contributed by atoms with van der Waals surface area (Å²) in [4.78, 5) is 0. The molecule has 0 aromatic rings. The van der Waals surface area contributed by atoms with E-state index in [1.807, 2.05) is 27.7 Å². The molecule has 19 heavy (non-hydrogen) atoms. The van der Waals surface area contributed by atoms with Crippen LogP contribution in [0.4, 0.5) is 0 Å². The third-order valence-corrected chi connectivity index (χ3v) is 2.80. The standard InChI is InChI=1S/C12H24N2O4S/c1-5-15-10(16-6-2)9-8(14-11(13)19)7-17-12(3,4)18-9/h8-10H,5-7H2,1-4H3,(H3,13,14,19)/t8-,9-/m1/s1. The van der Waals surface area contributed by atoms with Gasteiger partial charge in [-0.2, -0.15) is 0 Å². The average molecular weight is 292 g/mol. The lowest BCUT2D eigenvalue weighted by atomic mass is 10.1. The summed E-state index contributed by atoms with van der Waals surface area (Å²) in [6, 6.07) is -0.200. The summed E-state index contributed by atoms with van der Waals surface area (Å²) < 4.78 is 22.7. The second-order valence-electron chi connectivity index (χ2n) is 4.69. The first-order valence-electron chi connectivity index (χ1n) is 6.50. The quantitative estimate of drug-likeness (QED) is 0.552. The van der Waals surface area contributed by atoms with Crippen molar-refractivity contribution in [3.8, 4) is 0 Å². The minimum atomic E-state index is -0.689. The molecular formula is C12H24N2O4S. The molecule has 0 amide bonds. The number of ether oxygens (including phenoxy) is 4. The number of rotatable bonds is 6. The minimum Gasteiger partial charge on any atom is -0.376 e. The van der Waals surface area contributed by atoms with E-state index in [-0.39, 0.29) is 17.3 Å². The Morgan fingerprint density at radius 1 is 1.42 bits per heavy atom. The Balaban J connectivity index is 2.81. The van der Waals surface area contributed by atoms with Gasteiger partial charge in [-0.15, -0.1) is 0 Å². The summed E-state index contributed by atoms with van der Waals surface area (Å²) in [6.45, 7) is 9.01. The van der Waals surface area contributed by atoms with Gasteiger partial charge < -0.3 is 30.0 Å². The number of hydrogen-bond acceptors (Lipinski definition) is 5. The van der Waals surface area contributed by atoms with Crippen LogP contribution in [0.3, 0.4) is 0 Å². The van der Waals surface area contributed by atoms with Crippen LogP contribution in [0.15, 0.2) is 0 Å². The first-order valence-corrected chi connectivity index (χ1v) is 6.91. The molecule has 2 atom stereocenters. The van der Waals surface area contributed by atoms with Crippen LogP contribution in [-0.2, 0) is 18.9 Å². The molecular weight excluding hydrogens is 268 g/mol. The van der Waals surface area contributed by atoms with E-state index in [4.69, 9.17) is 36.9 Å². The van der Waals surface area contributed by atoms with Gasteiger partial charge in [0.2, 0.25) is 0 Å². The zero-order valence-electron chi connectivity index (χ0n) is 12.0. The molecule has 1 aliphatic rings. The molecule has 7 heteroatoms. The van der Waals surface area contributed by atoms with E-state index in [0.717, 1.165) is 0 Å². The number of nitrogens with two attached hydrogens (primary N) is 1. The normalized spacial score (nSPS) is 26.4. The molecule has 1 saturated heterocycles. The molecule has 112 valence electrons. The van der Waals surface area contributed by atoms with Gasteiger partial charge in [-0.25, -0.2) is 0 Å². The molecule has 1 aliphatic heterocycles. The predicted octanol–water partition coefficient (Wildman–Crippen LogP) is 0.739. The first-order chi connectivity index (χ1) is 8.89. The largest absolute Gasteiger partial charge is 0.376 e. The fourth-order valence-corrected chi connectivity index (χ4v) is 2.10. The zero-order chi connectivity index (χ0) is 14.5. The molecule has 1 heterocycles. The lowest BCUT2D eigenvalue weighted by molar-refractivity contribution is -0.328. The van der Waals surface area contributed by atoms with Gasteiger partial charge in [0, 0.05) is 13.2 Å². The van der Waals surface area contributed by atoms with Crippen molar-refractivity contribution in [3.05, 3.63) is 0 Å². The van der Waals surface area contributed by atoms with Gasteiger partial charge in [0.15, 0.2) is 17.2 Å². The van der Waals surface area contributed by atoms with Crippen molar-refractivity contribution in [2.45, 2.75) is 51.9 Å². The summed E-state index contributed by atoms with van der Waals surface area (Å²) in [5.74, 6) is -0.689. The molecule has 0 aliphatic carbocycles. The van der Waals surface area contributed by atoms with E-state index in [1.54, 1.807) is 0 Å². The van der Waals surface area contributed by atoms with E-state index in [9.17, 15) is 0 Å². The van der Waals surface area contributed by atoms with Crippen molar-refractivity contribution in [2.24, 2.45) is 5.73 Å². The van der Waals surface area contributed by atoms with Gasteiger partial charge >= 0.3 is 0 Å². The van der Waals surface area contributed by atoms with Crippen LogP contribution in [0.2, 0.25) is 0 Å². The van der Waals surface area contributed by atoms with Crippen LogP contribution in [0.25, 0.3) is 0 Å². The summed E-state index contributed by atoms with van der Waals surface area (Å²) >= 11 is 4.88. The van der Waals surface area contributed by atoms with Crippen LogP contribution in [0.1, 0.15) is 27.7 Å². The number of hydrogen-bond donors (Lipinski definition) is 2. The molecule has 0 aromatic carbocycles. The van der Waals surface area contributed by atoms with Gasteiger partial charge in [-0.3, -0.25) is 0 Å². The van der Waals surface area contributed by atoms with E-state index >= 15 is 0 Å². The van der Waals surface area contributed by atoms with Crippen LogP contribution in [0.5, 0.6) is 0 Å². The molecule has 0 bridgehead atoms. The van der Waals surface area contributed by atoms with Gasteiger partial charge in [0.05, 0.1) is 12.6 Å². The lowest BCUT2D eigenvalue weighted by Gasteiger charge is -2.43. The highest BCUT2D eigenvalue weighted by Crippen LogP contribution is 2.26. The summed E-state index contributed by atoms with van der Waals surface area (Å²) in [6.07, 6.45) is -0.824. The second kappa shape index (κ2) is 7.35. The van der Waals surface area contributed by atoms with Crippen LogP contribution in [0, 0.1) is 0 Å². The Kier molecular flexibility index (Phi) is 6.41. The molecule has 3 N–H and O–H groups in total. The fourth-order valence-electron chi connectivity index (χ4n) is 1.95. The second-order valence-corrected chi connectivity index (χ2v) is 5.13. The van der Waals surface area contributed by atoms with E-state index < -0.39 is 12.1 Å².